The number of nitro benzene ring substituents is 1. The summed E-state index contributed by atoms with van der Waals surface area (Å²) in [6.45, 7) is 1.39. The Labute approximate surface area is 225 Å². The van der Waals surface area contributed by atoms with Gasteiger partial charge in [0.1, 0.15) is 5.82 Å². The van der Waals surface area contributed by atoms with Gasteiger partial charge in [0, 0.05) is 22.0 Å². The summed E-state index contributed by atoms with van der Waals surface area (Å²) in [4.78, 5) is 41.0. The van der Waals surface area contributed by atoms with Crippen molar-refractivity contribution in [2.75, 3.05) is 7.11 Å². The van der Waals surface area contributed by atoms with Crippen LogP contribution >= 0.6 is 27.5 Å². The molecule has 2 aromatic carbocycles. The Morgan fingerprint density at radius 3 is 2.70 bits per heavy atom. The van der Waals surface area contributed by atoms with Crippen molar-refractivity contribution in [1.29, 1.82) is 0 Å². The lowest BCUT2D eigenvalue weighted by Crippen LogP contribution is -2.25. The summed E-state index contributed by atoms with van der Waals surface area (Å²) in [7, 11) is 1.18. The Kier molecular flexibility index (Phi) is 8.23. The molecule has 0 unspecified atom stereocenters. The van der Waals surface area contributed by atoms with Crippen LogP contribution in [0.25, 0.3) is 10.9 Å². The molecule has 10 nitrogen and oxygen atoms in total. The van der Waals surface area contributed by atoms with E-state index in [1.807, 2.05) is 6.07 Å². The van der Waals surface area contributed by atoms with Gasteiger partial charge in [-0.1, -0.05) is 46.8 Å². The number of carbonyl (C=O) groups is 1. The summed E-state index contributed by atoms with van der Waals surface area (Å²) in [6.07, 6.45) is 5.21. The molecule has 0 amide bonds. The highest BCUT2D eigenvalue weighted by Gasteiger charge is 2.26. The van der Waals surface area contributed by atoms with Gasteiger partial charge in [0.15, 0.2) is 6.10 Å². The maximum atomic E-state index is 13.5. The lowest BCUT2D eigenvalue weighted by Gasteiger charge is -2.22. The van der Waals surface area contributed by atoms with Gasteiger partial charge in [-0.2, -0.15) is 9.78 Å². The van der Waals surface area contributed by atoms with Gasteiger partial charge >= 0.3 is 11.7 Å². The molecule has 1 heterocycles. The molecule has 1 aromatic heterocycles. The fraction of sp³-hybridized carbons (Fsp3) is 0.360. The van der Waals surface area contributed by atoms with Crippen LogP contribution in [0.4, 0.5) is 5.69 Å². The van der Waals surface area contributed by atoms with Gasteiger partial charge in [0.25, 0.3) is 5.56 Å². The number of aromatic nitrogens is 2. The van der Waals surface area contributed by atoms with Crippen LogP contribution in [-0.4, -0.2) is 40.0 Å². The van der Waals surface area contributed by atoms with E-state index in [1.165, 1.54) is 37.1 Å². The zero-order chi connectivity index (χ0) is 26.7. The number of fused-ring (bicyclic) bond motifs is 1. The molecule has 0 spiro atoms. The lowest BCUT2D eigenvalue weighted by atomic mass is 9.88. The lowest BCUT2D eigenvalue weighted by molar-refractivity contribution is -0.386. The molecule has 4 rings (SSSR count). The summed E-state index contributed by atoms with van der Waals surface area (Å²) in [5, 5.41) is 16.5. The highest BCUT2D eigenvalue weighted by atomic mass is 79.9. The number of nitro groups is 1. The number of halogens is 2. The highest BCUT2D eigenvalue weighted by Crippen LogP contribution is 2.37. The molecule has 194 valence electrons. The van der Waals surface area contributed by atoms with E-state index < -0.39 is 22.7 Å². The molecule has 0 aliphatic heterocycles. The quantitative estimate of drug-likeness (QED) is 0.152. The fourth-order valence-electron chi connectivity index (χ4n) is 4.34. The third-order valence-corrected chi connectivity index (χ3v) is 6.97. The first-order valence-electron chi connectivity index (χ1n) is 11.7. The van der Waals surface area contributed by atoms with E-state index in [9.17, 15) is 19.7 Å². The number of nitrogens with zero attached hydrogens (tertiary/aromatic N) is 4. The second kappa shape index (κ2) is 11.4. The van der Waals surface area contributed by atoms with Crippen LogP contribution in [0, 0.1) is 10.1 Å². The number of benzene rings is 2. The van der Waals surface area contributed by atoms with E-state index in [0.29, 0.717) is 16.7 Å². The topological polar surface area (TPSA) is 126 Å². The summed E-state index contributed by atoms with van der Waals surface area (Å²) in [5.41, 5.74) is 0.0615. The normalized spacial score (nSPS) is 15.1. The van der Waals surface area contributed by atoms with Crippen molar-refractivity contribution in [3.63, 3.8) is 0 Å². The van der Waals surface area contributed by atoms with Crippen LogP contribution in [0.1, 0.15) is 56.3 Å². The minimum atomic E-state index is -1.11. The second-order valence-corrected chi connectivity index (χ2v) is 10.0. The average molecular weight is 592 g/mol. The molecule has 1 aliphatic carbocycles. The van der Waals surface area contributed by atoms with Crippen molar-refractivity contribution >= 4 is 56.3 Å². The Bertz CT molecular complexity index is 1450. The van der Waals surface area contributed by atoms with E-state index in [2.05, 4.69) is 25.8 Å². The third-order valence-electron chi connectivity index (χ3n) is 6.20. The van der Waals surface area contributed by atoms with Crippen molar-refractivity contribution < 1.29 is 19.2 Å². The van der Waals surface area contributed by atoms with Gasteiger partial charge < -0.3 is 9.47 Å². The summed E-state index contributed by atoms with van der Waals surface area (Å²) < 4.78 is 12.0. The van der Waals surface area contributed by atoms with Crippen LogP contribution in [-0.2, 0) is 9.53 Å². The van der Waals surface area contributed by atoms with Crippen molar-refractivity contribution in [1.82, 2.24) is 9.66 Å². The van der Waals surface area contributed by atoms with Crippen LogP contribution in [0.5, 0.6) is 5.75 Å². The Morgan fingerprint density at radius 1 is 1.30 bits per heavy atom. The van der Waals surface area contributed by atoms with Crippen molar-refractivity contribution in [2.24, 2.45) is 5.10 Å². The SMILES string of the molecule is COC(=O)[C@@H](C)Oc1c(Cl)cc(C=Nn2c(C3CCCCC3)nc3ccc(Br)cc3c2=O)cc1[N+](=O)[O-]. The number of carbonyl (C=O) groups excluding carboxylic acids is 1. The van der Waals surface area contributed by atoms with Crippen molar-refractivity contribution in [3.8, 4) is 5.75 Å². The van der Waals surface area contributed by atoms with E-state index >= 15 is 0 Å². The second-order valence-electron chi connectivity index (χ2n) is 8.72. The molecular formula is C25H24BrClN4O6. The van der Waals surface area contributed by atoms with Crippen molar-refractivity contribution in [2.45, 2.75) is 51.0 Å². The maximum absolute atomic E-state index is 13.5. The Morgan fingerprint density at radius 2 is 2.03 bits per heavy atom. The minimum absolute atomic E-state index is 0.0696. The van der Waals surface area contributed by atoms with Crippen LogP contribution in [0.2, 0.25) is 5.02 Å². The van der Waals surface area contributed by atoms with E-state index in [4.69, 9.17) is 21.3 Å². The molecular weight excluding hydrogens is 568 g/mol. The van der Waals surface area contributed by atoms with Gasteiger partial charge in [-0.15, -0.1) is 0 Å². The van der Waals surface area contributed by atoms with E-state index in [1.54, 1.807) is 12.1 Å². The highest BCUT2D eigenvalue weighted by molar-refractivity contribution is 9.10. The van der Waals surface area contributed by atoms with Gasteiger partial charge in [-0.05, 0) is 44.0 Å². The van der Waals surface area contributed by atoms with Gasteiger partial charge in [-0.25, -0.2) is 9.78 Å². The summed E-state index contributed by atoms with van der Waals surface area (Å²) in [5.74, 6) is -0.344. The number of ether oxygens (including phenoxy) is 2. The summed E-state index contributed by atoms with van der Waals surface area (Å²) >= 11 is 9.70. The zero-order valence-electron chi connectivity index (χ0n) is 20.1. The van der Waals surface area contributed by atoms with Crippen LogP contribution < -0.4 is 10.3 Å². The molecule has 1 saturated carbocycles. The zero-order valence-corrected chi connectivity index (χ0v) is 22.5. The first-order chi connectivity index (χ1) is 17.7. The fourth-order valence-corrected chi connectivity index (χ4v) is 4.97. The average Bonchev–Trinajstić information content (AvgIpc) is 2.89. The molecule has 1 atom stereocenters. The monoisotopic (exact) mass is 590 g/mol. The smallest absolute Gasteiger partial charge is 0.346 e. The van der Waals surface area contributed by atoms with E-state index in [0.717, 1.165) is 36.6 Å². The van der Waals surface area contributed by atoms with Crippen LogP contribution in [0.15, 0.2) is 44.7 Å². The molecule has 0 N–H and O–H groups in total. The van der Waals surface area contributed by atoms with Crippen molar-refractivity contribution in [3.05, 3.63) is 71.7 Å². The molecule has 12 heteroatoms. The number of hydrogen-bond donors (Lipinski definition) is 0. The largest absolute Gasteiger partial charge is 0.471 e. The first-order valence-corrected chi connectivity index (χ1v) is 12.9. The van der Waals surface area contributed by atoms with Crippen LogP contribution in [0.3, 0.4) is 0 Å². The minimum Gasteiger partial charge on any atom is -0.471 e. The molecule has 0 radical (unpaired) electrons. The Balaban J connectivity index is 1.79. The third kappa shape index (κ3) is 5.83. The predicted octanol–water partition coefficient (Wildman–Crippen LogP) is 5.59. The van der Waals surface area contributed by atoms with Gasteiger partial charge in [0.05, 0.1) is 34.2 Å². The summed E-state index contributed by atoms with van der Waals surface area (Å²) in [6, 6.07) is 7.94. The number of rotatable bonds is 7. The van der Waals surface area contributed by atoms with E-state index in [-0.39, 0.29) is 27.8 Å². The molecule has 0 saturated heterocycles. The first kappa shape index (κ1) is 26.7. The molecule has 3 aromatic rings. The Hall–Kier alpha value is -3.31. The molecule has 0 bridgehead atoms. The standard InChI is InChI=1S/C25H24BrClN4O6/c1-14(25(33)36-2)37-22-19(27)10-15(11-21(22)31(34)35)13-28-30-23(16-6-4-3-5-7-16)29-20-9-8-17(26)12-18(20)24(30)32/h8-14,16H,3-7H2,1-2H3/t14-/m1/s1. The van der Waals surface area contributed by atoms with Gasteiger partial charge in [-0.3, -0.25) is 14.9 Å². The number of methoxy groups -OCH3 is 1. The molecule has 1 aliphatic rings. The van der Waals surface area contributed by atoms with Gasteiger partial charge in [0.2, 0.25) is 5.75 Å². The molecule has 1 fully saturated rings. The number of hydrogen-bond acceptors (Lipinski definition) is 8. The predicted molar refractivity (Wildman–Crippen MR) is 143 cm³/mol. The number of esters is 1. The maximum Gasteiger partial charge on any atom is 0.346 e. The molecule has 37 heavy (non-hydrogen) atoms.